The lowest BCUT2D eigenvalue weighted by Crippen LogP contribution is -2.25. The van der Waals surface area contributed by atoms with Gasteiger partial charge in [-0.2, -0.15) is 0 Å². The number of nitrogens with zero attached hydrogens (tertiary/aromatic N) is 1. The Bertz CT molecular complexity index is 1010. The van der Waals surface area contributed by atoms with Gasteiger partial charge in [0.2, 0.25) is 0 Å². The number of ether oxygens (including phenoxy) is 2. The minimum absolute atomic E-state index is 0.665. The Balaban J connectivity index is 1.65. The van der Waals surface area contributed by atoms with E-state index in [1.54, 1.807) is 14.2 Å². The summed E-state index contributed by atoms with van der Waals surface area (Å²) in [5, 5.41) is 8.42. The van der Waals surface area contributed by atoms with Gasteiger partial charge in [0.25, 0.3) is 0 Å². The molecule has 4 rings (SSSR count). The quantitative estimate of drug-likeness (QED) is 0.512. The average molecular weight is 406 g/mol. The largest absolute Gasteiger partial charge is 0.493 e. The van der Waals surface area contributed by atoms with E-state index in [0.717, 1.165) is 35.2 Å². The second kappa shape index (κ2) is 9.35. The number of pyridine rings is 1. The predicted octanol–water partition coefficient (Wildman–Crippen LogP) is 5.59. The van der Waals surface area contributed by atoms with Crippen LogP contribution in [0.25, 0.3) is 10.9 Å². The van der Waals surface area contributed by atoms with Gasteiger partial charge >= 0.3 is 0 Å². The molecule has 5 heteroatoms. The summed E-state index contributed by atoms with van der Waals surface area (Å²) in [5.74, 6) is 1.38. The third kappa shape index (κ3) is 4.21. The minimum atomic E-state index is 0.665. The first kappa shape index (κ1) is 20.5. The summed E-state index contributed by atoms with van der Waals surface area (Å²) in [6, 6.07) is 13.1. The lowest BCUT2D eigenvalue weighted by atomic mass is 10.0. The highest BCUT2D eigenvalue weighted by molar-refractivity contribution is 5.95. The van der Waals surface area contributed by atoms with Crippen LogP contribution in [0.15, 0.2) is 42.6 Å². The molecule has 0 radical (unpaired) electrons. The standard InChI is InChI=1S/C25H31N3O2/c1-4-19-17(16-27-18-9-5-6-10-18)8-7-11-21(19)28-22-12-13-26-23-15-25(30-3)24(29-2)14-20(22)23/h7-8,11-15,18,27H,4-6,9-10,16H2,1-3H3,(H,26,28). The van der Waals surface area contributed by atoms with Crippen LogP contribution in [0.2, 0.25) is 0 Å². The normalized spacial score (nSPS) is 14.2. The fraction of sp³-hybridized carbons (Fsp3) is 0.400. The zero-order valence-corrected chi connectivity index (χ0v) is 18.1. The molecule has 2 aromatic carbocycles. The fourth-order valence-electron chi connectivity index (χ4n) is 4.45. The third-order valence-corrected chi connectivity index (χ3v) is 6.08. The summed E-state index contributed by atoms with van der Waals surface area (Å²) >= 11 is 0. The summed E-state index contributed by atoms with van der Waals surface area (Å²) in [6.07, 6.45) is 8.10. The van der Waals surface area contributed by atoms with Crippen molar-refractivity contribution in [1.82, 2.24) is 10.3 Å². The third-order valence-electron chi connectivity index (χ3n) is 6.08. The molecule has 30 heavy (non-hydrogen) atoms. The number of fused-ring (bicyclic) bond motifs is 1. The minimum Gasteiger partial charge on any atom is -0.493 e. The second-order valence-corrected chi connectivity index (χ2v) is 7.87. The summed E-state index contributed by atoms with van der Waals surface area (Å²) < 4.78 is 10.9. The smallest absolute Gasteiger partial charge is 0.162 e. The number of benzene rings is 2. The molecule has 1 aliphatic carbocycles. The SMILES string of the molecule is CCc1c(CNC2CCCC2)cccc1Nc1ccnc2cc(OC)c(OC)cc12. The summed E-state index contributed by atoms with van der Waals surface area (Å²) in [5.41, 5.74) is 5.75. The Morgan fingerprint density at radius 3 is 2.50 bits per heavy atom. The van der Waals surface area contributed by atoms with Crippen LogP contribution in [0.3, 0.4) is 0 Å². The van der Waals surface area contributed by atoms with Crippen LogP contribution < -0.4 is 20.1 Å². The molecule has 5 nitrogen and oxygen atoms in total. The van der Waals surface area contributed by atoms with E-state index in [4.69, 9.17) is 9.47 Å². The van der Waals surface area contributed by atoms with Crippen LogP contribution >= 0.6 is 0 Å². The van der Waals surface area contributed by atoms with Crippen LogP contribution in [0, 0.1) is 0 Å². The van der Waals surface area contributed by atoms with E-state index in [-0.39, 0.29) is 0 Å². The van der Waals surface area contributed by atoms with Crippen LogP contribution in [0.5, 0.6) is 11.5 Å². The number of methoxy groups -OCH3 is 2. The number of aromatic nitrogens is 1. The summed E-state index contributed by atoms with van der Waals surface area (Å²) in [4.78, 5) is 4.52. The number of anilines is 2. The molecule has 0 amide bonds. The van der Waals surface area contributed by atoms with Crippen molar-refractivity contribution < 1.29 is 9.47 Å². The maximum atomic E-state index is 5.51. The van der Waals surface area contributed by atoms with E-state index in [9.17, 15) is 0 Å². The van der Waals surface area contributed by atoms with E-state index in [2.05, 4.69) is 40.7 Å². The van der Waals surface area contributed by atoms with Crippen molar-refractivity contribution in [2.24, 2.45) is 0 Å². The van der Waals surface area contributed by atoms with Crippen molar-refractivity contribution in [2.75, 3.05) is 19.5 Å². The van der Waals surface area contributed by atoms with Gasteiger partial charge in [0.05, 0.1) is 19.7 Å². The maximum Gasteiger partial charge on any atom is 0.162 e. The Morgan fingerprint density at radius 2 is 1.77 bits per heavy atom. The van der Waals surface area contributed by atoms with Crippen molar-refractivity contribution in [1.29, 1.82) is 0 Å². The van der Waals surface area contributed by atoms with Crippen LogP contribution in [0.4, 0.5) is 11.4 Å². The van der Waals surface area contributed by atoms with E-state index >= 15 is 0 Å². The van der Waals surface area contributed by atoms with Gasteiger partial charge in [-0.1, -0.05) is 31.9 Å². The van der Waals surface area contributed by atoms with E-state index < -0.39 is 0 Å². The first-order valence-electron chi connectivity index (χ1n) is 10.9. The maximum absolute atomic E-state index is 5.51. The first-order chi connectivity index (χ1) is 14.7. The highest BCUT2D eigenvalue weighted by Crippen LogP contribution is 2.36. The van der Waals surface area contributed by atoms with Gasteiger partial charge in [-0.05, 0) is 48.6 Å². The van der Waals surface area contributed by atoms with Crippen molar-refractivity contribution in [3.05, 3.63) is 53.7 Å². The van der Waals surface area contributed by atoms with Crippen LogP contribution in [0.1, 0.15) is 43.7 Å². The molecule has 0 aliphatic heterocycles. The lowest BCUT2D eigenvalue weighted by molar-refractivity contribution is 0.356. The zero-order chi connectivity index (χ0) is 20.9. The molecule has 3 aromatic rings. The number of hydrogen-bond acceptors (Lipinski definition) is 5. The number of rotatable bonds is 8. The Morgan fingerprint density at radius 1 is 1.00 bits per heavy atom. The van der Waals surface area contributed by atoms with Crippen molar-refractivity contribution in [3.8, 4) is 11.5 Å². The molecule has 1 saturated carbocycles. The Labute approximate surface area is 178 Å². The van der Waals surface area contributed by atoms with Crippen molar-refractivity contribution >= 4 is 22.3 Å². The Kier molecular flexibility index (Phi) is 6.38. The molecule has 0 unspecified atom stereocenters. The van der Waals surface area contributed by atoms with E-state index in [1.165, 1.54) is 36.8 Å². The topological polar surface area (TPSA) is 55.4 Å². The zero-order valence-electron chi connectivity index (χ0n) is 18.1. The van der Waals surface area contributed by atoms with Gasteiger partial charge in [0.15, 0.2) is 11.5 Å². The lowest BCUT2D eigenvalue weighted by Gasteiger charge is -2.19. The number of nitrogens with one attached hydrogen (secondary N) is 2. The molecule has 0 spiro atoms. The predicted molar refractivity (Wildman–Crippen MR) is 123 cm³/mol. The molecule has 158 valence electrons. The Hall–Kier alpha value is -2.79. The molecule has 1 heterocycles. The average Bonchev–Trinajstić information content (AvgIpc) is 3.30. The van der Waals surface area contributed by atoms with Gasteiger partial charge in [-0.15, -0.1) is 0 Å². The van der Waals surface area contributed by atoms with Gasteiger partial charge in [-0.25, -0.2) is 0 Å². The van der Waals surface area contributed by atoms with Gasteiger partial charge in [0, 0.05) is 41.6 Å². The van der Waals surface area contributed by atoms with E-state index in [0.29, 0.717) is 17.5 Å². The monoisotopic (exact) mass is 405 g/mol. The molecule has 2 N–H and O–H groups in total. The highest BCUT2D eigenvalue weighted by atomic mass is 16.5. The van der Waals surface area contributed by atoms with E-state index in [1.807, 2.05) is 24.4 Å². The van der Waals surface area contributed by atoms with Crippen molar-refractivity contribution in [3.63, 3.8) is 0 Å². The molecule has 1 aromatic heterocycles. The van der Waals surface area contributed by atoms with Crippen molar-refractivity contribution in [2.45, 2.75) is 51.6 Å². The van der Waals surface area contributed by atoms with Crippen LogP contribution in [-0.2, 0) is 13.0 Å². The molecular formula is C25H31N3O2. The molecular weight excluding hydrogens is 374 g/mol. The molecule has 0 bridgehead atoms. The molecule has 0 atom stereocenters. The first-order valence-corrected chi connectivity index (χ1v) is 10.9. The van der Waals surface area contributed by atoms with Gasteiger partial charge in [-0.3, -0.25) is 4.98 Å². The highest BCUT2D eigenvalue weighted by Gasteiger charge is 2.16. The molecule has 1 aliphatic rings. The van der Waals surface area contributed by atoms with Gasteiger partial charge in [0.1, 0.15) is 0 Å². The van der Waals surface area contributed by atoms with Crippen LogP contribution in [-0.4, -0.2) is 25.2 Å². The number of hydrogen-bond donors (Lipinski definition) is 2. The van der Waals surface area contributed by atoms with Gasteiger partial charge < -0.3 is 20.1 Å². The second-order valence-electron chi connectivity index (χ2n) is 7.87. The summed E-state index contributed by atoms with van der Waals surface area (Å²) in [6.45, 7) is 3.14. The fourth-order valence-corrected chi connectivity index (χ4v) is 4.45. The molecule has 0 saturated heterocycles. The molecule has 1 fully saturated rings. The summed E-state index contributed by atoms with van der Waals surface area (Å²) in [7, 11) is 3.30.